The third kappa shape index (κ3) is 2.52. The molecule has 0 saturated heterocycles. The third-order valence-electron chi connectivity index (χ3n) is 3.87. The van der Waals surface area contributed by atoms with Crippen LogP contribution in [-0.2, 0) is 0 Å². The Balaban J connectivity index is 1.73. The van der Waals surface area contributed by atoms with Gasteiger partial charge in [0.1, 0.15) is 0 Å². The first-order chi connectivity index (χ1) is 11.6. The smallest absolute Gasteiger partial charge is 0.263 e. The van der Waals surface area contributed by atoms with E-state index in [-0.39, 0.29) is 5.91 Å². The van der Waals surface area contributed by atoms with Crippen molar-refractivity contribution in [3.8, 4) is 0 Å². The Bertz CT molecular complexity index is 984. The molecule has 0 saturated carbocycles. The lowest BCUT2D eigenvalue weighted by Crippen LogP contribution is -2.42. The highest BCUT2D eigenvalue weighted by atomic mass is 35.5. The number of rotatable bonds is 2. The Morgan fingerprint density at radius 2 is 2.08 bits per heavy atom. The van der Waals surface area contributed by atoms with E-state index in [0.717, 1.165) is 11.0 Å². The number of hydrogen-bond acceptors (Lipinski definition) is 5. The van der Waals surface area contributed by atoms with Gasteiger partial charge in [-0.25, -0.2) is 4.98 Å². The Morgan fingerprint density at radius 3 is 2.92 bits per heavy atom. The van der Waals surface area contributed by atoms with E-state index in [4.69, 9.17) is 11.6 Å². The Morgan fingerprint density at radius 1 is 1.25 bits per heavy atom. The Kier molecular flexibility index (Phi) is 3.66. The van der Waals surface area contributed by atoms with Crippen molar-refractivity contribution in [3.63, 3.8) is 0 Å². The number of nitrogens with zero attached hydrogens (tertiary/aromatic N) is 4. The molecular weight excluding hydrogens is 344 g/mol. The summed E-state index contributed by atoms with van der Waals surface area (Å²) in [5.74, 6) is 0.384. The van der Waals surface area contributed by atoms with Gasteiger partial charge in [0.25, 0.3) is 5.91 Å². The average Bonchev–Trinajstić information content (AvgIpc) is 2.96. The highest BCUT2D eigenvalue weighted by Crippen LogP contribution is 2.36. The number of thioether (sulfide) groups is 1. The maximum atomic E-state index is 13.0. The van der Waals surface area contributed by atoms with Crippen LogP contribution in [-0.4, -0.2) is 26.8 Å². The summed E-state index contributed by atoms with van der Waals surface area (Å²) in [5, 5.41) is 9.86. The van der Waals surface area contributed by atoms with Gasteiger partial charge in [0, 0.05) is 10.8 Å². The van der Waals surface area contributed by atoms with Gasteiger partial charge in [0.05, 0.1) is 16.7 Å². The van der Waals surface area contributed by atoms with Crippen LogP contribution in [0.5, 0.6) is 0 Å². The van der Waals surface area contributed by atoms with Crippen LogP contribution < -0.4 is 0 Å². The maximum absolute atomic E-state index is 13.0. The van der Waals surface area contributed by atoms with Crippen molar-refractivity contribution in [2.24, 2.45) is 10.2 Å². The van der Waals surface area contributed by atoms with Crippen molar-refractivity contribution >= 4 is 46.0 Å². The molecule has 4 rings (SSSR count). The number of carbonyl (C=O) groups is 1. The molecule has 0 radical (unpaired) electrons. The van der Waals surface area contributed by atoms with E-state index < -0.39 is 5.54 Å². The van der Waals surface area contributed by atoms with Crippen molar-refractivity contribution in [2.75, 3.05) is 5.75 Å². The number of imidazole rings is 1. The van der Waals surface area contributed by atoms with E-state index in [9.17, 15) is 4.79 Å². The average molecular weight is 357 g/mol. The minimum absolute atomic E-state index is 0.115. The summed E-state index contributed by atoms with van der Waals surface area (Å²) < 4.78 is 1.64. The van der Waals surface area contributed by atoms with Crippen LogP contribution in [0.3, 0.4) is 0 Å². The largest absolute Gasteiger partial charge is 0.271 e. The first-order valence-electron chi connectivity index (χ1n) is 7.40. The van der Waals surface area contributed by atoms with Gasteiger partial charge in [0.2, 0.25) is 0 Å². The van der Waals surface area contributed by atoms with Gasteiger partial charge in [-0.1, -0.05) is 41.6 Å². The SMILES string of the molecule is CC1(N=Nc2cccc(Cl)c2)CSc2nc3ccccc3n2C1=O. The minimum Gasteiger partial charge on any atom is -0.271 e. The molecule has 0 fully saturated rings. The van der Waals surface area contributed by atoms with E-state index in [1.165, 1.54) is 11.8 Å². The van der Waals surface area contributed by atoms with Gasteiger partial charge in [-0.2, -0.15) is 10.2 Å². The van der Waals surface area contributed by atoms with Crippen LogP contribution in [0.1, 0.15) is 11.7 Å². The molecule has 1 aliphatic heterocycles. The van der Waals surface area contributed by atoms with Crippen LogP contribution >= 0.6 is 23.4 Å². The maximum Gasteiger partial charge on any atom is 0.263 e. The Hall–Kier alpha value is -2.18. The molecule has 120 valence electrons. The minimum atomic E-state index is -0.941. The second kappa shape index (κ2) is 5.72. The Labute approximate surface area is 147 Å². The summed E-state index contributed by atoms with van der Waals surface area (Å²) in [6, 6.07) is 14.7. The molecule has 2 aromatic carbocycles. The molecule has 5 nitrogen and oxygen atoms in total. The molecule has 1 unspecified atom stereocenters. The second-order valence-electron chi connectivity index (χ2n) is 5.77. The monoisotopic (exact) mass is 356 g/mol. The van der Waals surface area contributed by atoms with Gasteiger partial charge >= 0.3 is 0 Å². The highest BCUT2D eigenvalue weighted by Gasteiger charge is 2.41. The topological polar surface area (TPSA) is 59.6 Å². The molecule has 0 bridgehead atoms. The summed E-state index contributed by atoms with van der Waals surface area (Å²) in [6.45, 7) is 1.80. The predicted octanol–water partition coefficient (Wildman–Crippen LogP) is 4.98. The van der Waals surface area contributed by atoms with Crippen molar-refractivity contribution in [3.05, 3.63) is 53.6 Å². The van der Waals surface area contributed by atoms with Crippen LogP contribution in [0.4, 0.5) is 5.69 Å². The first kappa shape index (κ1) is 15.4. The van der Waals surface area contributed by atoms with E-state index in [0.29, 0.717) is 21.6 Å². The summed E-state index contributed by atoms with van der Waals surface area (Å²) in [6.07, 6.45) is 0. The van der Waals surface area contributed by atoms with E-state index in [1.54, 1.807) is 35.8 Å². The van der Waals surface area contributed by atoms with E-state index >= 15 is 0 Å². The molecule has 0 aliphatic carbocycles. The molecule has 24 heavy (non-hydrogen) atoms. The van der Waals surface area contributed by atoms with E-state index in [1.807, 2.05) is 24.3 Å². The van der Waals surface area contributed by atoms with Crippen molar-refractivity contribution in [1.82, 2.24) is 9.55 Å². The lowest BCUT2D eigenvalue weighted by Gasteiger charge is -2.27. The number of azo groups is 1. The fourth-order valence-electron chi connectivity index (χ4n) is 2.58. The number of aromatic nitrogens is 2. The molecule has 7 heteroatoms. The van der Waals surface area contributed by atoms with Crippen molar-refractivity contribution in [2.45, 2.75) is 17.6 Å². The molecule has 0 spiro atoms. The van der Waals surface area contributed by atoms with Gasteiger partial charge in [-0.15, -0.1) is 0 Å². The number of halogens is 1. The lowest BCUT2D eigenvalue weighted by atomic mass is 10.1. The molecule has 3 aromatic rings. The summed E-state index contributed by atoms with van der Waals surface area (Å²) >= 11 is 7.48. The third-order valence-corrected chi connectivity index (χ3v) is 5.34. The van der Waals surface area contributed by atoms with Crippen LogP contribution in [0, 0.1) is 0 Å². The molecular formula is C17H13ClN4OS. The second-order valence-corrected chi connectivity index (χ2v) is 7.14. The molecule has 0 N–H and O–H groups in total. The van der Waals surface area contributed by atoms with Crippen LogP contribution in [0.15, 0.2) is 63.9 Å². The number of benzene rings is 2. The zero-order valence-corrected chi connectivity index (χ0v) is 14.4. The summed E-state index contributed by atoms with van der Waals surface area (Å²) in [7, 11) is 0. The normalized spacial score (nSPS) is 20.7. The zero-order valence-electron chi connectivity index (χ0n) is 12.8. The van der Waals surface area contributed by atoms with Gasteiger partial charge in [-0.3, -0.25) is 9.36 Å². The van der Waals surface area contributed by atoms with E-state index in [2.05, 4.69) is 15.2 Å². The fraction of sp³-hybridized carbons (Fsp3) is 0.176. The standard InChI is InChI=1S/C17H13ClN4OS/c1-17(21-20-12-6-4-5-11(18)9-12)10-24-16-19-13-7-2-3-8-14(13)22(16)15(17)23/h2-9H,10H2,1H3. The van der Waals surface area contributed by atoms with Crippen LogP contribution in [0.25, 0.3) is 11.0 Å². The number of para-hydroxylation sites is 2. The molecule has 1 atom stereocenters. The molecule has 2 heterocycles. The number of hydrogen-bond donors (Lipinski definition) is 0. The quantitative estimate of drug-likeness (QED) is 0.608. The predicted molar refractivity (Wildman–Crippen MR) is 95.5 cm³/mol. The number of fused-ring (bicyclic) bond motifs is 3. The molecule has 1 aliphatic rings. The van der Waals surface area contributed by atoms with Crippen LogP contribution in [0.2, 0.25) is 5.02 Å². The summed E-state index contributed by atoms with van der Waals surface area (Å²) in [5.41, 5.74) is 1.30. The van der Waals surface area contributed by atoms with Gasteiger partial charge in [-0.05, 0) is 37.3 Å². The lowest BCUT2D eigenvalue weighted by molar-refractivity contribution is 0.0816. The van der Waals surface area contributed by atoms with Gasteiger partial charge in [0.15, 0.2) is 10.7 Å². The number of carbonyl (C=O) groups excluding carboxylic acids is 1. The highest BCUT2D eigenvalue weighted by molar-refractivity contribution is 7.99. The molecule has 0 amide bonds. The van der Waals surface area contributed by atoms with Crippen molar-refractivity contribution in [1.29, 1.82) is 0 Å². The summed E-state index contributed by atoms with van der Waals surface area (Å²) in [4.78, 5) is 17.5. The molecule has 1 aromatic heterocycles. The van der Waals surface area contributed by atoms with Crippen molar-refractivity contribution < 1.29 is 4.79 Å². The first-order valence-corrected chi connectivity index (χ1v) is 8.77. The van der Waals surface area contributed by atoms with Gasteiger partial charge < -0.3 is 0 Å². The zero-order chi connectivity index (χ0) is 16.7. The fourth-order valence-corrected chi connectivity index (χ4v) is 3.83.